The highest BCUT2D eigenvalue weighted by molar-refractivity contribution is 6.05. The molecule has 0 aliphatic rings. The zero-order valence-electron chi connectivity index (χ0n) is 12.2. The number of aromatic nitrogens is 3. The summed E-state index contributed by atoms with van der Waals surface area (Å²) in [5.74, 6) is -0.277. The van der Waals surface area contributed by atoms with E-state index in [1.807, 2.05) is 0 Å². The van der Waals surface area contributed by atoms with Crippen LogP contribution in [0.5, 0.6) is 0 Å². The molecule has 0 saturated heterocycles. The molecule has 0 atom stereocenters. The molecular formula is C16H11F3N4O. The summed E-state index contributed by atoms with van der Waals surface area (Å²) in [6.07, 6.45) is 1.60. The van der Waals surface area contributed by atoms with Gasteiger partial charge < -0.3 is 5.32 Å². The molecule has 0 fully saturated rings. The lowest BCUT2D eigenvalue weighted by Crippen LogP contribution is -2.18. The smallest absolute Gasteiger partial charge is 0.321 e. The van der Waals surface area contributed by atoms with Gasteiger partial charge in [0, 0.05) is 12.4 Å². The van der Waals surface area contributed by atoms with Gasteiger partial charge >= 0.3 is 6.18 Å². The van der Waals surface area contributed by atoms with Crippen molar-refractivity contribution in [3.8, 4) is 5.82 Å². The summed E-state index contributed by atoms with van der Waals surface area (Å²) in [5.41, 5.74) is -1.13. The van der Waals surface area contributed by atoms with Crippen LogP contribution < -0.4 is 5.32 Å². The van der Waals surface area contributed by atoms with Gasteiger partial charge in [0.05, 0.1) is 23.0 Å². The maximum Gasteiger partial charge on any atom is 0.417 e. The molecule has 0 aliphatic carbocycles. The lowest BCUT2D eigenvalue weighted by Gasteiger charge is -2.12. The fraction of sp³-hybridized carbons (Fsp3) is 0.0625. The molecule has 0 bridgehead atoms. The number of carbonyl (C=O) groups is 1. The number of hydrogen-bond acceptors (Lipinski definition) is 3. The summed E-state index contributed by atoms with van der Waals surface area (Å²) < 4.78 is 40.5. The Morgan fingerprint density at radius 1 is 1.12 bits per heavy atom. The first-order chi connectivity index (χ1) is 11.4. The Hall–Kier alpha value is -3.16. The van der Waals surface area contributed by atoms with Crippen molar-refractivity contribution in [1.29, 1.82) is 0 Å². The molecule has 3 aromatic rings. The van der Waals surface area contributed by atoms with E-state index < -0.39 is 23.2 Å². The van der Waals surface area contributed by atoms with Crippen molar-refractivity contribution >= 4 is 11.6 Å². The molecule has 1 amide bonds. The Bertz CT molecular complexity index is 843. The minimum absolute atomic E-state index is 0.292. The molecule has 3 rings (SSSR count). The Labute approximate surface area is 134 Å². The number of benzene rings is 1. The van der Waals surface area contributed by atoms with Crippen LogP contribution in [0.15, 0.2) is 61.3 Å². The minimum atomic E-state index is -4.60. The average molecular weight is 332 g/mol. The van der Waals surface area contributed by atoms with Crippen LogP contribution in [0.3, 0.4) is 0 Å². The van der Waals surface area contributed by atoms with Gasteiger partial charge in [-0.25, -0.2) is 9.97 Å². The topological polar surface area (TPSA) is 59.8 Å². The van der Waals surface area contributed by atoms with E-state index in [0.717, 1.165) is 12.1 Å². The normalized spacial score (nSPS) is 11.3. The van der Waals surface area contributed by atoms with Crippen molar-refractivity contribution < 1.29 is 18.0 Å². The van der Waals surface area contributed by atoms with Crippen LogP contribution in [-0.4, -0.2) is 20.4 Å². The number of anilines is 1. The van der Waals surface area contributed by atoms with Crippen molar-refractivity contribution in [3.63, 3.8) is 0 Å². The quantitative estimate of drug-likeness (QED) is 0.798. The molecule has 1 N–H and O–H groups in total. The van der Waals surface area contributed by atoms with Gasteiger partial charge in [0.25, 0.3) is 5.91 Å². The summed E-state index contributed by atoms with van der Waals surface area (Å²) in [4.78, 5) is 20.2. The molecule has 2 aromatic heterocycles. The monoisotopic (exact) mass is 332 g/mol. The third-order valence-electron chi connectivity index (χ3n) is 3.25. The molecule has 0 radical (unpaired) electrons. The first-order valence-corrected chi connectivity index (χ1v) is 6.87. The van der Waals surface area contributed by atoms with Crippen LogP contribution in [-0.2, 0) is 6.18 Å². The van der Waals surface area contributed by atoms with E-state index in [9.17, 15) is 18.0 Å². The van der Waals surface area contributed by atoms with E-state index in [1.54, 1.807) is 35.4 Å². The second-order valence-corrected chi connectivity index (χ2v) is 4.87. The number of hydrogen-bond donors (Lipinski definition) is 1. The van der Waals surface area contributed by atoms with Gasteiger partial charge in [-0.05, 0) is 24.3 Å². The first-order valence-electron chi connectivity index (χ1n) is 6.87. The first kappa shape index (κ1) is 15.7. The van der Waals surface area contributed by atoms with Crippen LogP contribution in [0.2, 0.25) is 0 Å². The molecular weight excluding hydrogens is 321 g/mol. The van der Waals surface area contributed by atoms with Gasteiger partial charge in [-0.2, -0.15) is 13.2 Å². The number of amides is 1. The summed E-state index contributed by atoms with van der Waals surface area (Å²) in [7, 11) is 0. The van der Waals surface area contributed by atoms with Crippen LogP contribution in [0.4, 0.5) is 18.9 Å². The number of carbonyl (C=O) groups excluding carboxylic acids is 1. The zero-order valence-corrected chi connectivity index (χ0v) is 12.2. The molecule has 0 spiro atoms. The highest BCUT2D eigenvalue weighted by Crippen LogP contribution is 2.32. The maximum atomic E-state index is 13.0. The van der Waals surface area contributed by atoms with Gasteiger partial charge in [-0.15, -0.1) is 0 Å². The lowest BCUT2D eigenvalue weighted by molar-refractivity contribution is -0.137. The fourth-order valence-corrected chi connectivity index (χ4v) is 2.13. The fourth-order valence-electron chi connectivity index (χ4n) is 2.13. The van der Waals surface area contributed by atoms with E-state index in [2.05, 4.69) is 15.3 Å². The Morgan fingerprint density at radius 3 is 2.54 bits per heavy atom. The Kier molecular flexibility index (Phi) is 4.03. The van der Waals surface area contributed by atoms with Crippen molar-refractivity contribution in [2.45, 2.75) is 6.18 Å². The zero-order chi connectivity index (χ0) is 17.2. The summed E-state index contributed by atoms with van der Waals surface area (Å²) in [6.45, 7) is 0. The Balaban J connectivity index is 1.81. The van der Waals surface area contributed by atoms with Crippen LogP contribution in [0.1, 0.15) is 15.9 Å². The molecule has 5 nitrogen and oxygen atoms in total. The standard InChI is InChI=1S/C16H11F3N4O/c17-16(18,19)13-4-2-1-3-12(13)15(24)22-11-5-6-14(21-9-11)23-8-7-20-10-23/h1-10H,(H,22,24). The van der Waals surface area contributed by atoms with Crippen LogP contribution in [0, 0.1) is 0 Å². The van der Waals surface area contributed by atoms with Crippen molar-refractivity contribution in [2.75, 3.05) is 5.32 Å². The summed E-state index contributed by atoms with van der Waals surface area (Å²) in [5, 5.41) is 2.42. The van der Waals surface area contributed by atoms with E-state index in [-0.39, 0.29) is 0 Å². The molecule has 0 saturated carbocycles. The van der Waals surface area contributed by atoms with E-state index >= 15 is 0 Å². The van der Waals surface area contributed by atoms with Crippen molar-refractivity contribution in [1.82, 2.24) is 14.5 Å². The number of nitrogens with one attached hydrogen (secondary N) is 1. The molecule has 0 unspecified atom stereocenters. The summed E-state index contributed by atoms with van der Waals surface area (Å²) >= 11 is 0. The number of imidazole rings is 1. The maximum absolute atomic E-state index is 13.0. The average Bonchev–Trinajstić information content (AvgIpc) is 3.09. The number of rotatable bonds is 3. The molecule has 24 heavy (non-hydrogen) atoms. The number of halogens is 3. The predicted molar refractivity (Wildman–Crippen MR) is 80.8 cm³/mol. The highest BCUT2D eigenvalue weighted by atomic mass is 19.4. The van der Waals surface area contributed by atoms with Crippen LogP contribution >= 0.6 is 0 Å². The van der Waals surface area contributed by atoms with E-state index in [4.69, 9.17) is 0 Å². The minimum Gasteiger partial charge on any atom is -0.321 e. The van der Waals surface area contributed by atoms with Gasteiger partial charge in [0.15, 0.2) is 0 Å². The summed E-state index contributed by atoms with van der Waals surface area (Å²) in [6, 6.07) is 7.79. The van der Waals surface area contributed by atoms with Crippen molar-refractivity contribution in [3.05, 3.63) is 72.4 Å². The molecule has 122 valence electrons. The van der Waals surface area contributed by atoms with Gasteiger partial charge in [0.2, 0.25) is 0 Å². The lowest BCUT2D eigenvalue weighted by atomic mass is 10.1. The number of alkyl halides is 3. The van der Waals surface area contributed by atoms with E-state index in [1.165, 1.54) is 18.3 Å². The number of nitrogens with zero attached hydrogens (tertiary/aromatic N) is 3. The molecule has 1 aromatic carbocycles. The Morgan fingerprint density at radius 2 is 1.92 bits per heavy atom. The van der Waals surface area contributed by atoms with Crippen LogP contribution in [0.25, 0.3) is 5.82 Å². The SMILES string of the molecule is O=C(Nc1ccc(-n2ccnc2)nc1)c1ccccc1C(F)(F)F. The van der Waals surface area contributed by atoms with Crippen molar-refractivity contribution in [2.24, 2.45) is 0 Å². The molecule has 0 aliphatic heterocycles. The predicted octanol–water partition coefficient (Wildman–Crippen LogP) is 3.54. The van der Waals surface area contributed by atoms with Gasteiger partial charge in [-0.3, -0.25) is 9.36 Å². The third kappa shape index (κ3) is 3.27. The molecule has 8 heteroatoms. The van der Waals surface area contributed by atoms with E-state index in [0.29, 0.717) is 11.5 Å². The second-order valence-electron chi connectivity index (χ2n) is 4.87. The largest absolute Gasteiger partial charge is 0.417 e. The van der Waals surface area contributed by atoms with Gasteiger partial charge in [0.1, 0.15) is 12.1 Å². The second kappa shape index (κ2) is 6.15. The number of pyridine rings is 1. The third-order valence-corrected chi connectivity index (χ3v) is 3.25. The van der Waals surface area contributed by atoms with Gasteiger partial charge in [-0.1, -0.05) is 12.1 Å². The highest BCUT2D eigenvalue weighted by Gasteiger charge is 2.34. The molecule has 2 heterocycles.